The molecule has 1 amide bonds. The third kappa shape index (κ3) is 8.26. The van der Waals surface area contributed by atoms with Crippen molar-refractivity contribution < 1.29 is 70.2 Å². The summed E-state index contributed by atoms with van der Waals surface area (Å²) in [6, 6.07) is 7.10. The van der Waals surface area contributed by atoms with E-state index in [9.17, 15) is 36.1 Å². The van der Waals surface area contributed by atoms with Gasteiger partial charge < -0.3 is 20.7 Å². The Hall–Kier alpha value is -1.84. The number of carbonyl (C=O) groups excluding carboxylic acids is 1. The van der Waals surface area contributed by atoms with Gasteiger partial charge in [0, 0.05) is 6.42 Å². The number of nitrogens with one attached hydrogen (secondary N) is 1. The smallest absolute Gasteiger partial charge is 0.744 e. The summed E-state index contributed by atoms with van der Waals surface area (Å²) in [4.78, 5) is 23.0. The second-order valence-corrected chi connectivity index (χ2v) is 9.43. The normalized spacial score (nSPS) is 13.5. The van der Waals surface area contributed by atoms with Crippen LogP contribution < -0.4 is 40.6 Å². The Labute approximate surface area is 206 Å². The monoisotopic (exact) mass is 494 g/mol. The van der Waals surface area contributed by atoms with Gasteiger partial charge in [-0.05, 0) is 41.8 Å². The molecule has 0 aliphatic heterocycles. The Balaban J connectivity index is 0.00000512. The van der Waals surface area contributed by atoms with Crippen LogP contribution in [-0.4, -0.2) is 55.0 Å². The van der Waals surface area contributed by atoms with Crippen LogP contribution in [0, 0.1) is 0 Å². The van der Waals surface area contributed by atoms with Crippen molar-refractivity contribution in [2.75, 3.05) is 0 Å². The molecule has 2 unspecified atom stereocenters. The van der Waals surface area contributed by atoms with Gasteiger partial charge in [-0.25, -0.2) is 13.2 Å². The Morgan fingerprint density at radius 3 is 1.75 bits per heavy atom. The predicted molar refractivity (Wildman–Crippen MR) is 106 cm³/mol. The molecule has 0 saturated carbocycles. The SMILES string of the molecule is NC(Cc1ccc(S(=O)(=O)[O-])cc1)C(=O)NC(Cc1ccc(S(=O)(=O)O)cc1)C(=O)O.[Na+]. The van der Waals surface area contributed by atoms with Crippen LogP contribution in [0.15, 0.2) is 58.3 Å². The van der Waals surface area contributed by atoms with E-state index in [1.54, 1.807) is 0 Å². The van der Waals surface area contributed by atoms with Gasteiger partial charge in [-0.15, -0.1) is 0 Å². The number of rotatable bonds is 9. The van der Waals surface area contributed by atoms with Crippen molar-refractivity contribution in [2.24, 2.45) is 5.73 Å². The Bertz CT molecular complexity index is 1170. The predicted octanol–water partition coefficient (Wildman–Crippen LogP) is -3.48. The number of hydrogen-bond donors (Lipinski definition) is 4. The molecule has 0 saturated heterocycles. The molecule has 0 radical (unpaired) electrons. The van der Waals surface area contributed by atoms with Gasteiger partial charge >= 0.3 is 35.5 Å². The van der Waals surface area contributed by atoms with Crippen LogP contribution in [0.25, 0.3) is 0 Å². The maximum atomic E-state index is 12.3. The first-order valence-electron chi connectivity index (χ1n) is 8.67. The van der Waals surface area contributed by atoms with Crippen molar-refractivity contribution in [3.05, 3.63) is 59.7 Å². The van der Waals surface area contributed by atoms with Crippen molar-refractivity contribution in [1.82, 2.24) is 5.32 Å². The fraction of sp³-hybridized carbons (Fsp3) is 0.222. The molecule has 0 aliphatic carbocycles. The van der Waals surface area contributed by atoms with Crippen LogP contribution in [0.3, 0.4) is 0 Å². The minimum Gasteiger partial charge on any atom is -0.744 e. The van der Waals surface area contributed by atoms with Gasteiger partial charge in [0.1, 0.15) is 16.2 Å². The molecule has 2 aromatic rings. The van der Waals surface area contributed by atoms with Crippen molar-refractivity contribution in [1.29, 1.82) is 0 Å². The first kappa shape index (κ1) is 28.2. The molecule has 14 heteroatoms. The zero-order valence-corrected chi connectivity index (χ0v) is 20.5. The van der Waals surface area contributed by atoms with Crippen molar-refractivity contribution in [2.45, 2.75) is 34.7 Å². The molecule has 0 heterocycles. The fourth-order valence-electron chi connectivity index (χ4n) is 2.65. The van der Waals surface area contributed by atoms with Crippen LogP contribution in [0.4, 0.5) is 0 Å². The molecule has 2 rings (SSSR count). The van der Waals surface area contributed by atoms with Gasteiger partial charge in [0.05, 0.1) is 15.8 Å². The summed E-state index contributed by atoms with van der Waals surface area (Å²) in [5.41, 5.74) is 6.66. The summed E-state index contributed by atoms with van der Waals surface area (Å²) < 4.78 is 63.9. The number of amides is 1. The van der Waals surface area contributed by atoms with E-state index in [1.165, 1.54) is 24.3 Å². The van der Waals surface area contributed by atoms with Gasteiger partial charge in [0.15, 0.2) is 0 Å². The van der Waals surface area contributed by atoms with Crippen LogP contribution in [0.1, 0.15) is 11.1 Å². The summed E-state index contributed by atoms with van der Waals surface area (Å²) in [5.74, 6) is -2.12. The van der Waals surface area contributed by atoms with Gasteiger partial charge in [0.2, 0.25) is 5.91 Å². The number of aliphatic carboxylic acids is 1. The first-order valence-corrected chi connectivity index (χ1v) is 11.5. The van der Waals surface area contributed by atoms with Gasteiger partial charge in [-0.3, -0.25) is 9.35 Å². The molecule has 0 bridgehead atoms. The molecule has 0 spiro atoms. The van der Waals surface area contributed by atoms with E-state index in [4.69, 9.17) is 10.3 Å². The molecular weight excluding hydrogens is 475 g/mol. The second-order valence-electron chi connectivity index (χ2n) is 6.63. The van der Waals surface area contributed by atoms with E-state index in [2.05, 4.69) is 5.32 Å². The molecule has 2 aromatic carbocycles. The van der Waals surface area contributed by atoms with Crippen LogP contribution in [0.2, 0.25) is 0 Å². The topological polar surface area (TPSA) is 204 Å². The molecular formula is C18H19N2NaO9S2. The minimum absolute atomic E-state index is 0. The van der Waals surface area contributed by atoms with Crippen LogP contribution >= 0.6 is 0 Å². The Morgan fingerprint density at radius 2 is 1.34 bits per heavy atom. The summed E-state index contributed by atoms with van der Waals surface area (Å²) in [5, 5.41) is 11.7. The largest absolute Gasteiger partial charge is 1.00 e. The Morgan fingerprint density at radius 1 is 0.906 bits per heavy atom. The minimum atomic E-state index is -4.60. The van der Waals surface area contributed by atoms with E-state index < -0.39 is 49.1 Å². The molecule has 0 aliphatic rings. The molecule has 0 aromatic heterocycles. The van der Waals surface area contributed by atoms with E-state index in [0.29, 0.717) is 11.1 Å². The number of carbonyl (C=O) groups is 2. The number of nitrogens with two attached hydrogens (primary N) is 1. The number of carboxylic acid groups (broad SMARTS) is 1. The van der Waals surface area contributed by atoms with Gasteiger partial charge in [-0.1, -0.05) is 24.3 Å². The van der Waals surface area contributed by atoms with Crippen LogP contribution in [0.5, 0.6) is 0 Å². The maximum Gasteiger partial charge on any atom is 1.00 e. The van der Waals surface area contributed by atoms with E-state index in [1.807, 2.05) is 0 Å². The molecule has 32 heavy (non-hydrogen) atoms. The average molecular weight is 494 g/mol. The van der Waals surface area contributed by atoms with Crippen LogP contribution in [-0.2, 0) is 42.7 Å². The molecule has 5 N–H and O–H groups in total. The molecule has 2 atom stereocenters. The quantitative estimate of drug-likeness (QED) is 0.200. The van der Waals surface area contributed by atoms with Crippen molar-refractivity contribution in [3.63, 3.8) is 0 Å². The Kier molecular flexibility index (Phi) is 9.99. The fourth-order valence-corrected chi connectivity index (χ4v) is 3.60. The third-order valence-electron chi connectivity index (χ3n) is 4.28. The third-order valence-corrected chi connectivity index (χ3v) is 6.00. The van der Waals surface area contributed by atoms with Crippen molar-refractivity contribution in [3.8, 4) is 0 Å². The van der Waals surface area contributed by atoms with E-state index in [-0.39, 0.29) is 47.3 Å². The first-order chi connectivity index (χ1) is 14.3. The zero-order chi connectivity index (χ0) is 23.4. The van der Waals surface area contributed by atoms with E-state index in [0.717, 1.165) is 24.3 Å². The van der Waals surface area contributed by atoms with Gasteiger partial charge in [0.25, 0.3) is 10.1 Å². The molecule has 0 fully saturated rings. The summed E-state index contributed by atoms with van der Waals surface area (Å²) >= 11 is 0. The summed E-state index contributed by atoms with van der Waals surface area (Å²) in [7, 11) is -8.99. The maximum absolute atomic E-state index is 12.3. The number of benzene rings is 2. The van der Waals surface area contributed by atoms with E-state index >= 15 is 0 Å². The van der Waals surface area contributed by atoms with Crippen molar-refractivity contribution >= 4 is 32.1 Å². The summed E-state index contributed by atoms with van der Waals surface area (Å²) in [6.07, 6.45) is -0.212. The number of carboxylic acids is 1. The summed E-state index contributed by atoms with van der Waals surface area (Å²) in [6.45, 7) is 0. The molecule has 11 nitrogen and oxygen atoms in total. The second kappa shape index (κ2) is 11.3. The average Bonchev–Trinajstić information content (AvgIpc) is 2.66. The molecule has 168 valence electrons. The van der Waals surface area contributed by atoms with Gasteiger partial charge in [-0.2, -0.15) is 8.42 Å². The zero-order valence-electron chi connectivity index (χ0n) is 16.8. The standard InChI is InChI=1S/C18H20N2O9S2.Na/c19-15(9-11-1-5-13(6-2-11)30(24,25)26)17(21)20-16(18(22)23)10-12-3-7-14(8-4-12)31(27,28)29;/h1-8,15-16H,9-10,19H2,(H,20,21)(H,22,23)(H,24,25,26)(H,27,28,29);/q;+1/p-1. The number of hydrogen-bond acceptors (Lipinski definition) is 8.